The third-order valence-electron chi connectivity index (χ3n) is 21.3. The molecule has 5 N–H and O–H groups in total. The van der Waals surface area contributed by atoms with Crippen LogP contribution < -0.4 is 33.0 Å². The van der Waals surface area contributed by atoms with Gasteiger partial charge in [-0.05, 0) is 106 Å². The molecule has 0 amide bonds. The smallest absolute Gasteiger partial charge is 0.270 e. The Morgan fingerprint density at radius 2 is 0.897 bits per heavy atom. The number of nitrogens with two attached hydrogens (primary N) is 1. The summed E-state index contributed by atoms with van der Waals surface area (Å²) in [4.78, 5) is 65.7. The van der Waals surface area contributed by atoms with Gasteiger partial charge in [0.2, 0.25) is 37.1 Å². The van der Waals surface area contributed by atoms with Gasteiger partial charge in [0.1, 0.15) is 67.8 Å². The quantitative estimate of drug-likeness (QED) is 0.0808. The highest BCUT2D eigenvalue weighted by Crippen LogP contribution is 2.42. The first-order chi connectivity index (χ1) is 49.9. The van der Waals surface area contributed by atoms with Gasteiger partial charge >= 0.3 is 0 Å². The lowest BCUT2D eigenvalue weighted by Crippen LogP contribution is -2.47. The molecule has 5 saturated heterocycles. The molecule has 0 spiro atoms. The molecule has 12 rings (SSSR count). The fourth-order valence-electron chi connectivity index (χ4n) is 13.0. The summed E-state index contributed by atoms with van der Waals surface area (Å²) in [5.41, 5.74) is 5.25. The number of ether oxygens (including phenoxy) is 3. The maximum Gasteiger partial charge on any atom is 0.270 e. The molecule has 33 nitrogen and oxygen atoms in total. The van der Waals surface area contributed by atoms with Crippen molar-refractivity contribution in [2.75, 3.05) is 101 Å². The van der Waals surface area contributed by atoms with Crippen LogP contribution >= 0.6 is 0 Å². The Morgan fingerprint density at radius 3 is 1.22 bits per heavy atom. The first kappa shape index (κ1) is 84.0. The third kappa shape index (κ3) is 20.0. The summed E-state index contributed by atoms with van der Waals surface area (Å²) in [5.74, 6) is 0.649. The SMILES string of the molecule is CC(C)(C)[Si](C)(C)OC1COCC1n1c(=O)c(C#N)cc2cnc(NC3CCN(S(C)(=O)=O)CC3)nc21.CS(=O)(=O)C1CCC(N)CC1.CS(=O)(=O)N1CCC(Nc2ncc3cc(C#N)c(=O)n(C4COCC4O)c3n2)CC1.CS(=O)c1ncc2cc(C#N)c(=O)n(C3COCC3O[Si](C)(C)C(C)(C)C)c2n1. The van der Waals surface area contributed by atoms with E-state index in [4.69, 9.17) is 33.8 Å². The van der Waals surface area contributed by atoms with Crippen LogP contribution in [0.1, 0.15) is 128 Å². The summed E-state index contributed by atoms with van der Waals surface area (Å²) >= 11 is 0. The molecule has 1 aliphatic carbocycles. The normalized spacial score (nSPS) is 23.5. The van der Waals surface area contributed by atoms with E-state index in [9.17, 15) is 64.7 Å². The van der Waals surface area contributed by atoms with Crippen molar-refractivity contribution in [2.24, 2.45) is 5.73 Å². The van der Waals surface area contributed by atoms with E-state index in [1.165, 1.54) is 77.9 Å². The topological polar surface area (TPSA) is 457 Å². The van der Waals surface area contributed by atoms with E-state index < -0.39 is 98.2 Å². The molecule has 5 aliphatic heterocycles. The van der Waals surface area contributed by atoms with Gasteiger partial charge in [0.25, 0.3) is 16.7 Å². The molecule has 6 fully saturated rings. The lowest BCUT2D eigenvalue weighted by atomic mass is 9.96. The zero-order chi connectivity index (χ0) is 78.7. The van der Waals surface area contributed by atoms with Crippen LogP contribution in [-0.4, -0.2) is 236 Å². The fourth-order valence-corrected chi connectivity index (χ4v) is 18.9. The van der Waals surface area contributed by atoms with Crippen molar-refractivity contribution in [3.05, 3.63) is 84.5 Å². The lowest BCUT2D eigenvalue weighted by Gasteiger charge is -2.39. The number of aromatic nitrogens is 9. The highest BCUT2D eigenvalue weighted by atomic mass is 32.2. The molecule has 0 radical (unpaired) electrons. The van der Waals surface area contributed by atoms with Gasteiger partial charge < -0.3 is 44.5 Å². The van der Waals surface area contributed by atoms with Crippen molar-refractivity contribution >= 4 is 102 Å². The van der Waals surface area contributed by atoms with E-state index in [2.05, 4.69) is 103 Å². The molecule has 0 bridgehead atoms. The summed E-state index contributed by atoms with van der Waals surface area (Å²) in [6.07, 6.45) is 13.9. The molecule has 107 heavy (non-hydrogen) atoms. The largest absolute Gasteiger partial charge is 0.409 e. The Labute approximate surface area is 628 Å². The summed E-state index contributed by atoms with van der Waals surface area (Å²) in [5, 5.41) is 46.7. The lowest BCUT2D eigenvalue weighted by molar-refractivity contribution is 0.119. The van der Waals surface area contributed by atoms with Crippen molar-refractivity contribution in [1.29, 1.82) is 15.8 Å². The van der Waals surface area contributed by atoms with E-state index in [0.29, 0.717) is 110 Å². The number of aliphatic hydroxyl groups is 1. The van der Waals surface area contributed by atoms with E-state index in [1.54, 1.807) is 6.20 Å². The Hall–Kier alpha value is -6.99. The molecular formula is C68H99N17O16S4Si2. The second-order valence-corrected chi connectivity index (χ2v) is 48.2. The third-order valence-corrected chi connectivity index (χ3v) is 35.3. The molecule has 7 atom stereocenters. The predicted molar refractivity (Wildman–Crippen MR) is 409 cm³/mol. The van der Waals surface area contributed by atoms with Crippen LogP contribution in [0.2, 0.25) is 36.3 Å². The number of anilines is 2. The molecule has 6 aliphatic rings. The molecule has 6 aromatic heterocycles. The number of sulfonamides is 2. The summed E-state index contributed by atoms with van der Waals surface area (Å²) < 4.78 is 118. The standard InChI is InChI=1S/C24H36N6O5SSi.C19H26N4O4SSi.C18H22N6O5S.C7H15NO2S/c1-24(2,3)37(5,6)35-20-15-34-14-19(20)30-21-17(11-16(12-25)22(30)31)13-26-23(28-21)27-18-7-9-29(10-8-18)36(4,32)33;1-19(2,3)29(5,6)27-15-11-26-10-14(15)23-16-13(7-12(8-20)17(23)24)9-21-18(22-16)28(4)25;1-30(27,28)23-4-2-13(3-5-23)21-18-20-8-12-6-11(7-19)17(26)24(16(12)22-18)14-9-29-10-15(14)25;1-11(9,10)7-4-2-6(8)3-5-7/h11,13,18-20H,7-10,14-15H2,1-6H3,(H,26,27,28);7,9,14-15H,10-11H2,1-6H3;6,8,13-15,25H,2-5,9-10H2,1H3,(H,20,21,22);6-7H,2-5,8H2,1H3. The second kappa shape index (κ2) is 33.7. The molecule has 0 aromatic carbocycles. The highest BCUT2D eigenvalue weighted by molar-refractivity contribution is 7.91. The number of rotatable bonds is 15. The van der Waals surface area contributed by atoms with Crippen molar-refractivity contribution in [2.45, 2.75) is 194 Å². The number of piperidine rings is 2. The number of hydrogen-bond acceptors (Lipinski definition) is 28. The van der Waals surface area contributed by atoms with Crippen LogP contribution in [0.25, 0.3) is 33.1 Å². The molecule has 11 heterocycles. The van der Waals surface area contributed by atoms with Crippen molar-refractivity contribution in [3.63, 3.8) is 0 Å². The Balaban J connectivity index is 0.000000174. The Bertz CT molecular complexity index is 4970. The van der Waals surface area contributed by atoms with Crippen molar-refractivity contribution in [1.82, 2.24) is 52.2 Å². The minimum Gasteiger partial charge on any atom is -0.409 e. The molecular weight excluding hydrogens is 1500 g/mol. The van der Waals surface area contributed by atoms with E-state index in [0.717, 1.165) is 25.7 Å². The molecule has 6 aromatic rings. The van der Waals surface area contributed by atoms with Crippen LogP contribution in [0.4, 0.5) is 11.9 Å². The average molecular weight is 1600 g/mol. The van der Waals surface area contributed by atoms with Crippen LogP contribution in [0.5, 0.6) is 0 Å². The van der Waals surface area contributed by atoms with Gasteiger partial charge in [0.05, 0.1) is 98.5 Å². The van der Waals surface area contributed by atoms with Crippen LogP contribution in [0.3, 0.4) is 0 Å². The Kier molecular flexibility index (Phi) is 26.5. The molecule has 1 saturated carbocycles. The average Bonchev–Trinajstić information content (AvgIpc) is 1.75. The number of hydrogen-bond donors (Lipinski definition) is 4. The van der Waals surface area contributed by atoms with Gasteiger partial charge in [-0.1, -0.05) is 41.5 Å². The van der Waals surface area contributed by atoms with E-state index in [1.807, 2.05) is 18.2 Å². The monoisotopic (exact) mass is 1590 g/mol. The highest BCUT2D eigenvalue weighted by Gasteiger charge is 2.46. The summed E-state index contributed by atoms with van der Waals surface area (Å²) in [6.45, 7) is 24.7. The minimum atomic E-state index is -3.22. The van der Waals surface area contributed by atoms with Gasteiger partial charge in [-0.3, -0.25) is 32.3 Å². The van der Waals surface area contributed by atoms with Crippen LogP contribution in [0, 0.1) is 34.0 Å². The number of sulfone groups is 1. The van der Waals surface area contributed by atoms with Crippen molar-refractivity contribution < 1.29 is 57.6 Å². The van der Waals surface area contributed by atoms with Gasteiger partial charge in [-0.2, -0.15) is 25.8 Å². The number of nitrogens with zero attached hydrogens (tertiary/aromatic N) is 14. The minimum absolute atomic E-state index is 0.00140. The number of nitrogens with one attached hydrogen (secondary N) is 2. The number of fused-ring (bicyclic) bond motifs is 3. The predicted octanol–water partition coefficient (Wildman–Crippen LogP) is 4.56. The Morgan fingerprint density at radius 1 is 0.551 bits per heavy atom. The first-order valence-corrected chi connectivity index (χ1v) is 48.4. The zero-order valence-corrected chi connectivity index (χ0v) is 68.3. The summed E-state index contributed by atoms with van der Waals surface area (Å²) in [7, 11) is -14.9. The van der Waals surface area contributed by atoms with Crippen molar-refractivity contribution in [3.8, 4) is 18.2 Å². The van der Waals surface area contributed by atoms with E-state index in [-0.39, 0.29) is 93.9 Å². The maximum atomic E-state index is 13.4. The second-order valence-electron chi connectivity index (χ2n) is 31.1. The van der Waals surface area contributed by atoms with Crippen LogP contribution in [0.15, 0.2) is 56.3 Å². The van der Waals surface area contributed by atoms with Gasteiger partial charge in [-0.15, -0.1) is 0 Å². The first-order valence-electron chi connectivity index (χ1n) is 35.4. The summed E-state index contributed by atoms with van der Waals surface area (Å²) in [6, 6.07) is 8.97. The van der Waals surface area contributed by atoms with Gasteiger partial charge in [0.15, 0.2) is 16.6 Å². The maximum absolute atomic E-state index is 13.4. The van der Waals surface area contributed by atoms with E-state index >= 15 is 0 Å². The number of aliphatic hydroxyl groups excluding tert-OH is 1. The molecule has 584 valence electrons. The van der Waals surface area contributed by atoms with Gasteiger partial charge in [-0.25, -0.2) is 53.8 Å². The molecule has 7 unspecified atom stereocenters. The molecule has 39 heteroatoms. The number of nitriles is 3. The van der Waals surface area contributed by atoms with Gasteiger partial charge in [0, 0.05) is 91.6 Å². The number of pyridine rings is 3. The zero-order valence-electron chi connectivity index (χ0n) is 63.0. The fraction of sp³-hybridized carbons (Fsp3) is 0.647. The van der Waals surface area contributed by atoms with Crippen LogP contribution in [-0.2, 0) is 63.7 Å².